The molecule has 0 aromatic carbocycles. The van der Waals surface area contributed by atoms with Crippen LogP contribution >= 0.6 is 46.4 Å². The van der Waals surface area contributed by atoms with Gasteiger partial charge in [0.15, 0.2) is 0 Å². The summed E-state index contributed by atoms with van der Waals surface area (Å²) in [6, 6.07) is 0. The Morgan fingerprint density at radius 3 is 1.00 bits per heavy atom. The highest BCUT2D eigenvalue weighted by Gasteiger charge is 2.13. The Balaban J connectivity index is 4.67. The van der Waals surface area contributed by atoms with E-state index >= 15 is 0 Å². The molecular formula is C4Cl4O2. The summed E-state index contributed by atoms with van der Waals surface area (Å²) in [5.41, 5.74) is 0. The largest absolute Gasteiger partial charge is 0.275 e. The molecule has 56 valence electrons. The molecule has 0 saturated carbocycles. The molecule has 0 N–H and O–H groups in total. The van der Waals surface area contributed by atoms with Gasteiger partial charge in [0.25, 0.3) is 10.5 Å². The van der Waals surface area contributed by atoms with Gasteiger partial charge in [0.2, 0.25) is 0 Å². The number of allylic oxidation sites excluding steroid dienone is 2. The molecule has 0 fully saturated rings. The topological polar surface area (TPSA) is 34.1 Å². The van der Waals surface area contributed by atoms with Gasteiger partial charge in [-0.25, -0.2) is 0 Å². The van der Waals surface area contributed by atoms with Crippen molar-refractivity contribution in [1.82, 2.24) is 0 Å². The van der Waals surface area contributed by atoms with Gasteiger partial charge in [-0.2, -0.15) is 0 Å². The van der Waals surface area contributed by atoms with Crippen molar-refractivity contribution in [3.8, 4) is 0 Å². The minimum atomic E-state index is -1.01. The van der Waals surface area contributed by atoms with Crippen LogP contribution in [0.4, 0.5) is 0 Å². The predicted molar refractivity (Wildman–Crippen MR) is 40.5 cm³/mol. The lowest BCUT2D eigenvalue weighted by atomic mass is 10.5. The van der Waals surface area contributed by atoms with Crippen molar-refractivity contribution in [3.05, 3.63) is 10.1 Å². The lowest BCUT2D eigenvalue weighted by Gasteiger charge is -1.89. The third-order valence-electron chi connectivity index (χ3n) is 0.538. The molecule has 0 aromatic rings. The fourth-order valence-electron chi connectivity index (χ4n) is 0.173. The first kappa shape index (κ1) is 10.2. The molecule has 0 atom stereocenters. The molecule has 2 nitrogen and oxygen atoms in total. The summed E-state index contributed by atoms with van der Waals surface area (Å²) in [5.74, 6) is 0. The molecule has 0 bridgehead atoms. The van der Waals surface area contributed by atoms with Gasteiger partial charge in [-0.3, -0.25) is 9.59 Å². The van der Waals surface area contributed by atoms with E-state index in [2.05, 4.69) is 0 Å². The zero-order valence-electron chi connectivity index (χ0n) is 4.33. The van der Waals surface area contributed by atoms with Crippen molar-refractivity contribution in [2.45, 2.75) is 0 Å². The van der Waals surface area contributed by atoms with Gasteiger partial charge in [-0.1, -0.05) is 23.2 Å². The number of carbonyl (C=O) groups excluding carboxylic acids is 2. The monoisotopic (exact) mass is 220 g/mol. The first-order valence-corrected chi connectivity index (χ1v) is 3.43. The maximum Gasteiger partial charge on any atom is 0.265 e. The van der Waals surface area contributed by atoms with Crippen molar-refractivity contribution < 1.29 is 9.59 Å². The SMILES string of the molecule is O=C(Cl)/C(Cl)=C(/Cl)C(=O)Cl. The van der Waals surface area contributed by atoms with Crippen molar-refractivity contribution in [1.29, 1.82) is 0 Å². The Kier molecular flexibility index (Phi) is 4.29. The van der Waals surface area contributed by atoms with Crippen molar-refractivity contribution in [3.63, 3.8) is 0 Å². The maximum absolute atomic E-state index is 10.2. The van der Waals surface area contributed by atoms with Gasteiger partial charge in [0.1, 0.15) is 10.1 Å². The van der Waals surface area contributed by atoms with E-state index in [0.717, 1.165) is 0 Å². The molecule has 0 saturated heterocycles. The summed E-state index contributed by atoms with van der Waals surface area (Å²) in [5, 5.41) is -3.16. The second-order valence-electron chi connectivity index (χ2n) is 1.18. The van der Waals surface area contributed by atoms with Gasteiger partial charge >= 0.3 is 0 Å². The van der Waals surface area contributed by atoms with Crippen molar-refractivity contribution in [2.24, 2.45) is 0 Å². The quantitative estimate of drug-likeness (QED) is 0.530. The van der Waals surface area contributed by atoms with Crippen molar-refractivity contribution in [2.75, 3.05) is 0 Å². The van der Waals surface area contributed by atoms with Gasteiger partial charge in [0, 0.05) is 0 Å². The molecule has 0 amide bonds. The van der Waals surface area contributed by atoms with Crippen LogP contribution in [0.2, 0.25) is 0 Å². The molecule has 0 radical (unpaired) electrons. The van der Waals surface area contributed by atoms with Crippen LogP contribution in [0.15, 0.2) is 10.1 Å². The number of hydrogen-bond donors (Lipinski definition) is 0. The molecule has 0 aliphatic carbocycles. The Morgan fingerprint density at radius 1 is 0.700 bits per heavy atom. The first-order valence-electron chi connectivity index (χ1n) is 1.91. The molecule has 0 aliphatic heterocycles. The normalized spacial score (nSPS) is 12.4. The molecular weight excluding hydrogens is 222 g/mol. The van der Waals surface area contributed by atoms with E-state index < -0.39 is 20.5 Å². The van der Waals surface area contributed by atoms with Gasteiger partial charge < -0.3 is 0 Å². The van der Waals surface area contributed by atoms with E-state index in [-0.39, 0.29) is 0 Å². The molecule has 10 heavy (non-hydrogen) atoms. The lowest BCUT2D eigenvalue weighted by Crippen LogP contribution is -1.94. The van der Waals surface area contributed by atoms with E-state index in [1.165, 1.54) is 0 Å². The van der Waals surface area contributed by atoms with Crippen LogP contribution in [0.25, 0.3) is 0 Å². The zero-order valence-corrected chi connectivity index (χ0v) is 7.35. The second-order valence-corrected chi connectivity index (χ2v) is 2.62. The van der Waals surface area contributed by atoms with Crippen LogP contribution in [0, 0.1) is 0 Å². The Bertz CT molecular complexity index is 185. The fraction of sp³-hybridized carbons (Fsp3) is 0. The van der Waals surface area contributed by atoms with Gasteiger partial charge in [-0.15, -0.1) is 0 Å². The van der Waals surface area contributed by atoms with E-state index in [9.17, 15) is 9.59 Å². The third-order valence-corrected chi connectivity index (χ3v) is 1.93. The zero-order chi connectivity index (χ0) is 8.31. The number of rotatable bonds is 2. The molecule has 6 heteroatoms. The summed E-state index contributed by atoms with van der Waals surface area (Å²) in [4.78, 5) is 20.3. The van der Waals surface area contributed by atoms with Crippen LogP contribution in [-0.4, -0.2) is 10.5 Å². The summed E-state index contributed by atoms with van der Waals surface area (Å²) in [7, 11) is 0. The second kappa shape index (κ2) is 4.19. The van der Waals surface area contributed by atoms with Crippen LogP contribution in [0.1, 0.15) is 0 Å². The summed E-state index contributed by atoms with van der Waals surface area (Å²) >= 11 is 19.9. The fourth-order valence-corrected chi connectivity index (χ4v) is 0.630. The van der Waals surface area contributed by atoms with Crippen LogP contribution in [-0.2, 0) is 9.59 Å². The van der Waals surface area contributed by atoms with E-state index in [1.54, 1.807) is 0 Å². The molecule has 0 rings (SSSR count). The van der Waals surface area contributed by atoms with Gasteiger partial charge in [-0.05, 0) is 23.2 Å². The Morgan fingerprint density at radius 2 is 0.900 bits per heavy atom. The highest BCUT2D eigenvalue weighted by atomic mass is 35.5. The molecule has 0 heterocycles. The van der Waals surface area contributed by atoms with E-state index in [0.29, 0.717) is 0 Å². The Hall–Kier alpha value is 0.240. The van der Waals surface area contributed by atoms with Crippen LogP contribution in [0.5, 0.6) is 0 Å². The Labute approximate surface area is 76.7 Å². The molecule has 0 unspecified atom stereocenters. The predicted octanol–water partition coefficient (Wildman–Crippen LogP) is 2.21. The van der Waals surface area contributed by atoms with E-state index in [4.69, 9.17) is 46.4 Å². The molecule has 0 spiro atoms. The average molecular weight is 222 g/mol. The van der Waals surface area contributed by atoms with Crippen LogP contribution in [0.3, 0.4) is 0 Å². The minimum absolute atomic E-state index is 0.566. The smallest absolute Gasteiger partial charge is 0.265 e. The van der Waals surface area contributed by atoms with Crippen LogP contribution < -0.4 is 0 Å². The maximum atomic E-state index is 10.2. The number of halogens is 4. The third kappa shape index (κ3) is 2.88. The standard InChI is InChI=1S/C4Cl4O2/c5-1(3(7)9)2(6)4(8)10/b2-1-. The summed E-state index contributed by atoms with van der Waals surface area (Å²) in [6.45, 7) is 0. The average Bonchev–Trinajstić information content (AvgIpc) is 1.84. The lowest BCUT2D eigenvalue weighted by molar-refractivity contribution is -0.110. The number of carbonyl (C=O) groups is 2. The van der Waals surface area contributed by atoms with E-state index in [1.807, 2.05) is 0 Å². The highest BCUT2D eigenvalue weighted by Crippen LogP contribution is 2.18. The van der Waals surface area contributed by atoms with Gasteiger partial charge in [0.05, 0.1) is 0 Å². The summed E-state index contributed by atoms with van der Waals surface area (Å²) in [6.07, 6.45) is 0. The molecule has 0 aromatic heterocycles. The molecule has 0 aliphatic rings. The highest BCUT2D eigenvalue weighted by molar-refractivity contribution is 6.80. The first-order chi connectivity index (χ1) is 4.46. The summed E-state index contributed by atoms with van der Waals surface area (Å²) < 4.78 is 0. The number of hydrogen-bond acceptors (Lipinski definition) is 2. The minimum Gasteiger partial charge on any atom is -0.275 e. The van der Waals surface area contributed by atoms with Crippen molar-refractivity contribution >= 4 is 56.9 Å².